The maximum absolute atomic E-state index is 7.07. The van der Waals surface area contributed by atoms with Crippen molar-refractivity contribution in [3.8, 4) is 11.1 Å². The van der Waals surface area contributed by atoms with Gasteiger partial charge in [-0.15, -0.1) is 0 Å². The summed E-state index contributed by atoms with van der Waals surface area (Å²) in [5, 5.41) is 7.07. The van der Waals surface area contributed by atoms with E-state index in [0.29, 0.717) is 0 Å². The molecule has 0 fully saturated rings. The summed E-state index contributed by atoms with van der Waals surface area (Å²) in [4.78, 5) is 3.25. The standard InChI is InChI=1S/C12H10.CH4O2/c1-3-7-11(8-4-1)12-9-5-2-6-10-12;1-3-2/h1-10H;2H,1H3. The highest BCUT2D eigenvalue weighted by Crippen LogP contribution is 2.17. The second-order valence-electron chi connectivity index (χ2n) is 2.91. The van der Waals surface area contributed by atoms with Gasteiger partial charge >= 0.3 is 0 Å². The van der Waals surface area contributed by atoms with Gasteiger partial charge in [-0.05, 0) is 11.1 Å². The third-order valence-electron chi connectivity index (χ3n) is 1.88. The van der Waals surface area contributed by atoms with Crippen LogP contribution in [0.4, 0.5) is 0 Å². The van der Waals surface area contributed by atoms with Crippen LogP contribution in [0.5, 0.6) is 0 Å². The molecule has 15 heavy (non-hydrogen) atoms. The Morgan fingerprint density at radius 1 is 0.733 bits per heavy atom. The maximum Gasteiger partial charge on any atom is 0.0710 e. The van der Waals surface area contributed by atoms with Crippen LogP contribution in [-0.4, -0.2) is 12.4 Å². The molecule has 2 rings (SSSR count). The molecule has 0 heterocycles. The largest absolute Gasteiger partial charge is 0.252 e. The number of hydrogen-bond acceptors (Lipinski definition) is 2. The van der Waals surface area contributed by atoms with Crippen LogP contribution in [0.25, 0.3) is 11.1 Å². The molecule has 2 aromatic rings. The molecule has 78 valence electrons. The predicted molar refractivity (Wildman–Crippen MR) is 61.5 cm³/mol. The quantitative estimate of drug-likeness (QED) is 0.566. The lowest BCUT2D eigenvalue weighted by molar-refractivity contribution is -0.214. The SMILES string of the molecule is COO.c1ccc(-c2ccccc2)cc1. The topological polar surface area (TPSA) is 29.5 Å². The average Bonchev–Trinajstić information content (AvgIpc) is 2.32. The molecule has 0 atom stereocenters. The first-order valence-electron chi connectivity index (χ1n) is 4.66. The van der Waals surface area contributed by atoms with E-state index in [9.17, 15) is 0 Å². The van der Waals surface area contributed by atoms with Gasteiger partial charge in [-0.2, -0.15) is 0 Å². The Labute approximate surface area is 89.7 Å². The zero-order valence-corrected chi connectivity index (χ0v) is 8.63. The van der Waals surface area contributed by atoms with Crippen LogP contribution in [0, 0.1) is 0 Å². The molecule has 0 aromatic heterocycles. The lowest BCUT2D eigenvalue weighted by Crippen LogP contribution is -1.73. The molecule has 2 heteroatoms. The second kappa shape index (κ2) is 6.76. The first-order valence-corrected chi connectivity index (χ1v) is 4.66. The average molecular weight is 202 g/mol. The molecule has 1 N–H and O–H groups in total. The molecular weight excluding hydrogens is 188 g/mol. The van der Waals surface area contributed by atoms with Crippen molar-refractivity contribution in [3.05, 3.63) is 60.7 Å². The first kappa shape index (κ1) is 11.4. The van der Waals surface area contributed by atoms with Crippen molar-refractivity contribution in [3.63, 3.8) is 0 Å². The minimum absolute atomic E-state index is 1.18. The lowest BCUT2D eigenvalue weighted by atomic mass is 10.1. The van der Waals surface area contributed by atoms with E-state index >= 15 is 0 Å². The van der Waals surface area contributed by atoms with E-state index in [1.807, 2.05) is 12.1 Å². The van der Waals surface area contributed by atoms with Crippen molar-refractivity contribution in [2.75, 3.05) is 7.11 Å². The van der Waals surface area contributed by atoms with Crippen LogP contribution < -0.4 is 0 Å². The summed E-state index contributed by atoms with van der Waals surface area (Å²) in [7, 11) is 1.18. The van der Waals surface area contributed by atoms with Gasteiger partial charge in [-0.3, -0.25) is 5.26 Å². The van der Waals surface area contributed by atoms with Crippen LogP contribution in [0.3, 0.4) is 0 Å². The predicted octanol–water partition coefficient (Wildman–Crippen LogP) is 3.46. The van der Waals surface area contributed by atoms with Crippen molar-refractivity contribution < 1.29 is 10.1 Å². The third-order valence-corrected chi connectivity index (χ3v) is 1.88. The maximum atomic E-state index is 7.07. The molecule has 0 spiro atoms. The molecule has 0 aliphatic rings. The Morgan fingerprint density at radius 3 is 1.27 bits per heavy atom. The zero-order valence-electron chi connectivity index (χ0n) is 8.63. The summed E-state index contributed by atoms with van der Waals surface area (Å²) in [6, 6.07) is 20.8. The molecule has 0 aliphatic carbocycles. The van der Waals surface area contributed by atoms with Crippen LogP contribution in [0.15, 0.2) is 60.7 Å². The monoisotopic (exact) mass is 202 g/mol. The van der Waals surface area contributed by atoms with Gasteiger partial charge in [0.25, 0.3) is 0 Å². The molecule has 0 radical (unpaired) electrons. The van der Waals surface area contributed by atoms with Gasteiger partial charge in [0.1, 0.15) is 0 Å². The van der Waals surface area contributed by atoms with Gasteiger partial charge in [0.2, 0.25) is 0 Å². The first-order chi connectivity index (χ1) is 7.38. The van der Waals surface area contributed by atoms with Gasteiger partial charge in [-0.25, -0.2) is 4.89 Å². The molecule has 2 nitrogen and oxygen atoms in total. The fourth-order valence-corrected chi connectivity index (χ4v) is 1.26. The highest BCUT2D eigenvalue weighted by atomic mass is 17.1. The molecule has 0 bridgehead atoms. The molecule has 0 aliphatic heterocycles. The van der Waals surface area contributed by atoms with Crippen molar-refractivity contribution in [2.45, 2.75) is 0 Å². The van der Waals surface area contributed by atoms with Crippen LogP contribution in [-0.2, 0) is 4.89 Å². The summed E-state index contributed by atoms with van der Waals surface area (Å²) in [6.07, 6.45) is 0. The van der Waals surface area contributed by atoms with Gasteiger partial charge in [0.15, 0.2) is 0 Å². The third kappa shape index (κ3) is 3.94. The van der Waals surface area contributed by atoms with Crippen LogP contribution >= 0.6 is 0 Å². The summed E-state index contributed by atoms with van der Waals surface area (Å²) < 4.78 is 0. The lowest BCUT2D eigenvalue weighted by Gasteiger charge is -1.98. The number of hydrogen-bond donors (Lipinski definition) is 1. The van der Waals surface area contributed by atoms with E-state index in [1.54, 1.807) is 0 Å². The van der Waals surface area contributed by atoms with Crippen molar-refractivity contribution in [2.24, 2.45) is 0 Å². The highest BCUT2D eigenvalue weighted by molar-refractivity contribution is 5.62. The Balaban J connectivity index is 0.000000337. The van der Waals surface area contributed by atoms with E-state index in [2.05, 4.69) is 53.4 Å². The normalized spacial score (nSPS) is 8.93. The summed E-state index contributed by atoms with van der Waals surface area (Å²) in [6.45, 7) is 0. The Kier molecular flexibility index (Phi) is 5.15. The highest BCUT2D eigenvalue weighted by Gasteiger charge is 1.91. The molecule has 2 aromatic carbocycles. The minimum Gasteiger partial charge on any atom is -0.252 e. The van der Waals surface area contributed by atoms with Crippen molar-refractivity contribution in [1.29, 1.82) is 0 Å². The molecule has 0 amide bonds. The Bertz CT molecular complexity index is 319. The second-order valence-corrected chi connectivity index (χ2v) is 2.91. The van der Waals surface area contributed by atoms with Gasteiger partial charge < -0.3 is 0 Å². The molecule has 0 unspecified atom stereocenters. The fraction of sp³-hybridized carbons (Fsp3) is 0.0769. The van der Waals surface area contributed by atoms with Gasteiger partial charge in [0, 0.05) is 0 Å². The summed E-state index contributed by atoms with van der Waals surface area (Å²) >= 11 is 0. The minimum atomic E-state index is 1.18. The van der Waals surface area contributed by atoms with E-state index in [-0.39, 0.29) is 0 Å². The van der Waals surface area contributed by atoms with Crippen LogP contribution in [0.2, 0.25) is 0 Å². The Morgan fingerprint density at radius 2 is 1.00 bits per heavy atom. The van der Waals surface area contributed by atoms with Crippen LogP contribution in [0.1, 0.15) is 0 Å². The van der Waals surface area contributed by atoms with E-state index < -0.39 is 0 Å². The summed E-state index contributed by atoms with van der Waals surface area (Å²) in [5.41, 5.74) is 2.55. The number of rotatable bonds is 1. The Hall–Kier alpha value is -1.64. The zero-order chi connectivity index (χ0) is 10.9. The fourth-order valence-electron chi connectivity index (χ4n) is 1.26. The van der Waals surface area contributed by atoms with Gasteiger partial charge in [-0.1, -0.05) is 60.7 Å². The van der Waals surface area contributed by atoms with Crippen molar-refractivity contribution >= 4 is 0 Å². The van der Waals surface area contributed by atoms with Crippen molar-refractivity contribution in [1.82, 2.24) is 0 Å². The van der Waals surface area contributed by atoms with Gasteiger partial charge in [0.05, 0.1) is 7.11 Å². The number of benzene rings is 2. The van der Waals surface area contributed by atoms with E-state index in [1.165, 1.54) is 18.2 Å². The molecule has 0 saturated heterocycles. The van der Waals surface area contributed by atoms with E-state index in [0.717, 1.165) is 0 Å². The van der Waals surface area contributed by atoms with E-state index in [4.69, 9.17) is 5.26 Å². The summed E-state index contributed by atoms with van der Waals surface area (Å²) in [5.74, 6) is 0. The molecular formula is C13H14O2. The molecule has 0 saturated carbocycles. The smallest absolute Gasteiger partial charge is 0.0710 e.